The molecule has 0 aliphatic heterocycles. The van der Waals surface area contributed by atoms with E-state index in [-0.39, 0.29) is 11.4 Å². The van der Waals surface area contributed by atoms with Crippen molar-refractivity contribution >= 4 is 29.3 Å². The van der Waals surface area contributed by atoms with Crippen molar-refractivity contribution < 1.29 is 14.7 Å². The second-order valence-corrected chi connectivity index (χ2v) is 4.57. The van der Waals surface area contributed by atoms with Gasteiger partial charge in [-0.05, 0) is 30.6 Å². The summed E-state index contributed by atoms with van der Waals surface area (Å²) in [6.45, 7) is 0. The van der Waals surface area contributed by atoms with Crippen molar-refractivity contribution in [1.29, 1.82) is 0 Å². The van der Waals surface area contributed by atoms with Crippen LogP contribution in [0.5, 0.6) is 0 Å². The van der Waals surface area contributed by atoms with E-state index >= 15 is 0 Å². The van der Waals surface area contributed by atoms with Gasteiger partial charge in [-0.1, -0.05) is 0 Å². The summed E-state index contributed by atoms with van der Waals surface area (Å²) < 4.78 is 0. The highest BCUT2D eigenvalue weighted by atomic mass is 32.2. The van der Waals surface area contributed by atoms with Gasteiger partial charge in [0.25, 0.3) is 5.91 Å². The van der Waals surface area contributed by atoms with Gasteiger partial charge in [0.05, 0.1) is 5.69 Å². The minimum Gasteiger partial charge on any atom is -0.480 e. The highest BCUT2D eigenvalue weighted by Crippen LogP contribution is 2.08. The summed E-state index contributed by atoms with van der Waals surface area (Å²) in [5.74, 6) is -0.983. The van der Waals surface area contributed by atoms with Gasteiger partial charge in [0.2, 0.25) is 0 Å². The number of carboxylic acids is 1. The molecule has 0 bridgehead atoms. The van der Waals surface area contributed by atoms with E-state index in [9.17, 15) is 9.59 Å². The van der Waals surface area contributed by atoms with E-state index in [0.29, 0.717) is 12.2 Å². The second kappa shape index (κ2) is 6.85. The van der Waals surface area contributed by atoms with Crippen LogP contribution in [0, 0.1) is 0 Å². The minimum atomic E-state index is -1.06. The second-order valence-electron chi connectivity index (χ2n) is 3.59. The summed E-state index contributed by atoms with van der Waals surface area (Å²) in [7, 11) is 0. The molecule has 0 radical (unpaired) electrons. The summed E-state index contributed by atoms with van der Waals surface area (Å²) in [4.78, 5) is 26.6. The number of carboxylic acid groups (broad SMARTS) is 1. The molecule has 1 unspecified atom stereocenters. The summed E-state index contributed by atoms with van der Waals surface area (Å²) in [5, 5.41) is 11.4. The number of hydrogen-bond acceptors (Lipinski definition) is 5. The molecule has 1 atom stereocenters. The fraction of sp³-hybridized carbons (Fsp3) is 0.364. The largest absolute Gasteiger partial charge is 0.480 e. The Kier molecular flexibility index (Phi) is 5.44. The van der Waals surface area contributed by atoms with Gasteiger partial charge >= 0.3 is 5.97 Å². The number of rotatable bonds is 6. The number of thioether (sulfide) groups is 1. The molecule has 4 N–H and O–H groups in total. The lowest BCUT2D eigenvalue weighted by molar-refractivity contribution is -0.139. The number of nitrogens with one attached hydrogen (secondary N) is 1. The van der Waals surface area contributed by atoms with E-state index < -0.39 is 17.9 Å². The van der Waals surface area contributed by atoms with Crippen molar-refractivity contribution in [3.63, 3.8) is 0 Å². The van der Waals surface area contributed by atoms with Crippen LogP contribution in [0.2, 0.25) is 0 Å². The lowest BCUT2D eigenvalue weighted by atomic mass is 10.2. The first-order valence-electron chi connectivity index (χ1n) is 5.29. The molecule has 0 saturated heterocycles. The fourth-order valence-electron chi connectivity index (χ4n) is 1.33. The first-order chi connectivity index (χ1) is 8.56. The molecule has 7 heteroatoms. The van der Waals surface area contributed by atoms with Gasteiger partial charge in [0, 0.05) is 6.20 Å². The fourth-order valence-corrected chi connectivity index (χ4v) is 1.80. The lowest BCUT2D eigenvalue weighted by Gasteiger charge is -2.14. The van der Waals surface area contributed by atoms with Gasteiger partial charge in [-0.25, -0.2) is 9.78 Å². The van der Waals surface area contributed by atoms with Crippen molar-refractivity contribution in [3.8, 4) is 0 Å². The van der Waals surface area contributed by atoms with Gasteiger partial charge in [-0.15, -0.1) is 0 Å². The predicted octanol–water partition coefficient (Wildman–Crippen LogP) is 0.600. The molecule has 1 amide bonds. The maximum Gasteiger partial charge on any atom is 0.326 e. The zero-order valence-electron chi connectivity index (χ0n) is 9.92. The van der Waals surface area contributed by atoms with Crippen molar-refractivity contribution in [2.45, 2.75) is 12.5 Å². The molecule has 0 aromatic carbocycles. The Morgan fingerprint density at radius 1 is 1.61 bits per heavy atom. The molecule has 0 aliphatic carbocycles. The van der Waals surface area contributed by atoms with Crippen LogP contribution >= 0.6 is 11.8 Å². The highest BCUT2D eigenvalue weighted by molar-refractivity contribution is 7.98. The number of nitrogens with two attached hydrogens (primary N) is 1. The molecule has 0 fully saturated rings. The summed E-state index contributed by atoms with van der Waals surface area (Å²) in [6, 6.07) is 2.22. The number of pyridine rings is 1. The summed E-state index contributed by atoms with van der Waals surface area (Å²) >= 11 is 1.52. The number of aliphatic carboxylic acids is 1. The predicted molar refractivity (Wildman–Crippen MR) is 70.5 cm³/mol. The number of amides is 1. The van der Waals surface area contributed by atoms with Gasteiger partial charge < -0.3 is 16.2 Å². The monoisotopic (exact) mass is 269 g/mol. The van der Waals surface area contributed by atoms with Crippen LogP contribution in [-0.2, 0) is 4.79 Å². The Morgan fingerprint density at radius 2 is 2.33 bits per heavy atom. The van der Waals surface area contributed by atoms with Crippen LogP contribution in [0.3, 0.4) is 0 Å². The number of carbonyl (C=O) groups is 2. The van der Waals surface area contributed by atoms with Gasteiger partial charge in [0.15, 0.2) is 5.69 Å². The average molecular weight is 269 g/mol. The first-order valence-corrected chi connectivity index (χ1v) is 6.68. The molecule has 0 spiro atoms. The Hall–Kier alpha value is -1.76. The topological polar surface area (TPSA) is 105 Å². The summed E-state index contributed by atoms with van der Waals surface area (Å²) in [5.41, 5.74) is 5.87. The molecule has 0 aliphatic rings. The lowest BCUT2D eigenvalue weighted by Crippen LogP contribution is -2.41. The minimum absolute atomic E-state index is 0.0490. The molecule has 6 nitrogen and oxygen atoms in total. The molecular formula is C11H15N3O3S. The van der Waals surface area contributed by atoms with Crippen LogP contribution in [0.1, 0.15) is 16.9 Å². The zero-order valence-corrected chi connectivity index (χ0v) is 10.7. The van der Waals surface area contributed by atoms with Crippen LogP contribution in [0.25, 0.3) is 0 Å². The Balaban J connectivity index is 2.72. The molecule has 1 heterocycles. The van der Waals surface area contributed by atoms with Crippen LogP contribution in [0.4, 0.5) is 5.69 Å². The number of anilines is 1. The highest BCUT2D eigenvalue weighted by Gasteiger charge is 2.21. The Morgan fingerprint density at radius 3 is 2.89 bits per heavy atom. The third kappa shape index (κ3) is 3.92. The molecule has 1 rings (SSSR count). The SMILES string of the molecule is CSCCC(NC(=O)c1ncccc1N)C(=O)O. The maximum absolute atomic E-state index is 11.8. The third-order valence-corrected chi connectivity index (χ3v) is 2.91. The zero-order chi connectivity index (χ0) is 13.5. The number of aromatic nitrogens is 1. The normalized spacial score (nSPS) is 11.8. The molecule has 1 aromatic heterocycles. The quantitative estimate of drug-likeness (QED) is 0.698. The Bertz CT molecular complexity index is 439. The van der Waals surface area contributed by atoms with E-state index in [4.69, 9.17) is 10.8 Å². The van der Waals surface area contributed by atoms with Gasteiger partial charge in [-0.2, -0.15) is 11.8 Å². The maximum atomic E-state index is 11.8. The standard InChI is InChI=1S/C11H15N3O3S/c1-18-6-4-8(11(16)17)14-10(15)9-7(12)3-2-5-13-9/h2-3,5,8H,4,6,12H2,1H3,(H,14,15)(H,16,17). The molecule has 18 heavy (non-hydrogen) atoms. The van der Waals surface area contributed by atoms with Crippen molar-refractivity contribution in [3.05, 3.63) is 24.0 Å². The van der Waals surface area contributed by atoms with Crippen molar-refractivity contribution in [2.75, 3.05) is 17.7 Å². The smallest absolute Gasteiger partial charge is 0.326 e. The van der Waals surface area contributed by atoms with E-state index in [1.165, 1.54) is 18.0 Å². The van der Waals surface area contributed by atoms with E-state index in [1.54, 1.807) is 12.1 Å². The number of nitrogens with zero attached hydrogens (tertiary/aromatic N) is 1. The van der Waals surface area contributed by atoms with E-state index in [2.05, 4.69) is 10.3 Å². The van der Waals surface area contributed by atoms with Crippen LogP contribution in [-0.4, -0.2) is 40.0 Å². The third-order valence-electron chi connectivity index (χ3n) is 2.27. The number of nitrogen functional groups attached to an aromatic ring is 1. The van der Waals surface area contributed by atoms with Gasteiger partial charge in [0.1, 0.15) is 6.04 Å². The number of carbonyl (C=O) groups excluding carboxylic acids is 1. The van der Waals surface area contributed by atoms with E-state index in [0.717, 1.165) is 0 Å². The number of hydrogen-bond donors (Lipinski definition) is 3. The molecule has 0 saturated carbocycles. The molecule has 98 valence electrons. The van der Waals surface area contributed by atoms with Crippen LogP contribution < -0.4 is 11.1 Å². The Labute approximate surface area is 109 Å². The van der Waals surface area contributed by atoms with E-state index in [1.807, 2.05) is 6.26 Å². The van der Waals surface area contributed by atoms with Crippen molar-refractivity contribution in [1.82, 2.24) is 10.3 Å². The molecule has 1 aromatic rings. The van der Waals surface area contributed by atoms with Crippen molar-refractivity contribution in [2.24, 2.45) is 0 Å². The molecular weight excluding hydrogens is 254 g/mol. The average Bonchev–Trinajstić information content (AvgIpc) is 2.34. The van der Waals surface area contributed by atoms with Crippen LogP contribution in [0.15, 0.2) is 18.3 Å². The van der Waals surface area contributed by atoms with Gasteiger partial charge in [-0.3, -0.25) is 4.79 Å². The first kappa shape index (κ1) is 14.3. The summed E-state index contributed by atoms with van der Waals surface area (Å²) in [6.07, 6.45) is 3.66.